The first-order valence-corrected chi connectivity index (χ1v) is 11.0. The first-order valence-electron chi connectivity index (χ1n) is 10.6. The molecule has 32 heavy (non-hydrogen) atoms. The van der Waals surface area contributed by atoms with Crippen LogP contribution < -0.4 is 9.47 Å². The zero-order valence-corrected chi connectivity index (χ0v) is 18.3. The SMILES string of the molecule is O=C(CCc1nc(-c2ccccc2Cl)no1)N1CCN(Cc2ccc3c(c2)OCO3)CC1. The third kappa shape index (κ3) is 4.56. The lowest BCUT2D eigenvalue weighted by atomic mass is 10.1. The number of fused-ring (bicyclic) bond motifs is 1. The Morgan fingerprint density at radius 3 is 2.69 bits per heavy atom. The number of carbonyl (C=O) groups excluding carboxylic acids is 1. The molecule has 0 bridgehead atoms. The van der Waals surface area contributed by atoms with Gasteiger partial charge in [0.25, 0.3) is 0 Å². The van der Waals surface area contributed by atoms with Gasteiger partial charge in [0.1, 0.15) is 0 Å². The molecule has 0 N–H and O–H groups in total. The Labute approximate surface area is 190 Å². The molecule has 3 heterocycles. The molecule has 2 aliphatic rings. The number of amides is 1. The maximum Gasteiger partial charge on any atom is 0.231 e. The number of carbonyl (C=O) groups is 1. The number of halogens is 1. The highest BCUT2D eigenvalue weighted by atomic mass is 35.5. The molecule has 0 radical (unpaired) electrons. The van der Waals surface area contributed by atoms with E-state index in [-0.39, 0.29) is 12.7 Å². The van der Waals surface area contributed by atoms with Crippen LogP contribution in [0.2, 0.25) is 5.02 Å². The standard InChI is InChI=1S/C23H23ClN4O4/c24-18-4-2-1-3-17(18)23-25-21(32-26-23)7-8-22(29)28-11-9-27(10-12-28)14-16-5-6-19-20(13-16)31-15-30-19/h1-6,13H,7-12,14-15H2. The molecule has 0 aliphatic carbocycles. The van der Waals surface area contributed by atoms with Gasteiger partial charge in [0, 0.05) is 51.1 Å². The van der Waals surface area contributed by atoms with Crippen LogP contribution in [0.3, 0.4) is 0 Å². The molecule has 1 fully saturated rings. The molecule has 8 nitrogen and oxygen atoms in total. The number of aromatic nitrogens is 2. The normalized spacial score (nSPS) is 15.8. The number of hydrogen-bond acceptors (Lipinski definition) is 7. The van der Waals surface area contributed by atoms with Gasteiger partial charge in [-0.2, -0.15) is 4.98 Å². The van der Waals surface area contributed by atoms with Crippen molar-refractivity contribution in [2.24, 2.45) is 0 Å². The van der Waals surface area contributed by atoms with Gasteiger partial charge < -0.3 is 18.9 Å². The molecule has 5 rings (SSSR count). The van der Waals surface area contributed by atoms with Crippen molar-refractivity contribution in [1.29, 1.82) is 0 Å². The average Bonchev–Trinajstić information content (AvgIpc) is 3.47. The van der Waals surface area contributed by atoms with Gasteiger partial charge in [0.2, 0.25) is 24.4 Å². The monoisotopic (exact) mass is 454 g/mol. The van der Waals surface area contributed by atoms with Crippen LogP contribution in [0.25, 0.3) is 11.4 Å². The number of aryl methyl sites for hydroxylation is 1. The summed E-state index contributed by atoms with van der Waals surface area (Å²) in [6, 6.07) is 13.4. The number of ether oxygens (including phenoxy) is 2. The summed E-state index contributed by atoms with van der Waals surface area (Å²) in [5, 5.41) is 4.55. The largest absolute Gasteiger partial charge is 0.454 e. The molecule has 1 aromatic heterocycles. The summed E-state index contributed by atoms with van der Waals surface area (Å²) < 4.78 is 16.1. The fourth-order valence-electron chi connectivity index (χ4n) is 3.93. The quantitative estimate of drug-likeness (QED) is 0.564. The van der Waals surface area contributed by atoms with Gasteiger partial charge in [-0.05, 0) is 29.8 Å². The molecule has 1 amide bonds. The molecule has 0 saturated carbocycles. The summed E-state index contributed by atoms with van der Waals surface area (Å²) in [4.78, 5) is 21.3. The highest BCUT2D eigenvalue weighted by Gasteiger charge is 2.22. The van der Waals surface area contributed by atoms with Gasteiger partial charge in [-0.25, -0.2) is 0 Å². The van der Waals surface area contributed by atoms with E-state index in [0.717, 1.165) is 31.1 Å². The van der Waals surface area contributed by atoms with E-state index >= 15 is 0 Å². The van der Waals surface area contributed by atoms with Gasteiger partial charge >= 0.3 is 0 Å². The second-order valence-corrected chi connectivity index (χ2v) is 8.24. The van der Waals surface area contributed by atoms with Crippen LogP contribution in [0.4, 0.5) is 0 Å². The molecule has 0 spiro atoms. The molecule has 0 atom stereocenters. The Balaban J connectivity index is 1.09. The molecule has 1 saturated heterocycles. The number of rotatable bonds is 6. The Morgan fingerprint density at radius 2 is 1.84 bits per heavy atom. The van der Waals surface area contributed by atoms with Crippen molar-refractivity contribution in [3.63, 3.8) is 0 Å². The lowest BCUT2D eigenvalue weighted by Gasteiger charge is -2.34. The molecule has 2 aliphatic heterocycles. The van der Waals surface area contributed by atoms with Crippen molar-refractivity contribution in [3.05, 3.63) is 58.9 Å². The van der Waals surface area contributed by atoms with Crippen LogP contribution in [0.15, 0.2) is 47.0 Å². The topological polar surface area (TPSA) is 80.9 Å². The minimum Gasteiger partial charge on any atom is -0.454 e. The lowest BCUT2D eigenvalue weighted by molar-refractivity contribution is -0.133. The summed E-state index contributed by atoms with van der Waals surface area (Å²) in [5.74, 6) is 2.58. The van der Waals surface area contributed by atoms with E-state index in [9.17, 15) is 4.79 Å². The van der Waals surface area contributed by atoms with Crippen molar-refractivity contribution in [2.75, 3.05) is 33.0 Å². The maximum absolute atomic E-state index is 12.7. The van der Waals surface area contributed by atoms with Crippen LogP contribution in [-0.2, 0) is 17.8 Å². The van der Waals surface area contributed by atoms with Crippen LogP contribution >= 0.6 is 11.6 Å². The number of piperazine rings is 1. The highest BCUT2D eigenvalue weighted by molar-refractivity contribution is 6.33. The zero-order valence-electron chi connectivity index (χ0n) is 17.5. The van der Waals surface area contributed by atoms with Crippen molar-refractivity contribution in [3.8, 4) is 22.9 Å². The third-order valence-corrected chi connectivity index (χ3v) is 6.03. The van der Waals surface area contributed by atoms with E-state index < -0.39 is 0 Å². The predicted octanol–water partition coefficient (Wildman–Crippen LogP) is 3.40. The summed E-state index contributed by atoms with van der Waals surface area (Å²) in [6.45, 7) is 4.18. The van der Waals surface area contributed by atoms with Crippen molar-refractivity contribution < 1.29 is 18.8 Å². The molecule has 166 valence electrons. The highest BCUT2D eigenvalue weighted by Crippen LogP contribution is 2.33. The Morgan fingerprint density at radius 1 is 1.03 bits per heavy atom. The molecule has 9 heteroatoms. The third-order valence-electron chi connectivity index (χ3n) is 5.70. The van der Waals surface area contributed by atoms with E-state index in [1.165, 1.54) is 5.56 Å². The number of nitrogens with zero attached hydrogens (tertiary/aromatic N) is 4. The van der Waals surface area contributed by atoms with Gasteiger partial charge in [0.15, 0.2) is 11.5 Å². The Kier molecular flexibility index (Phi) is 5.96. The van der Waals surface area contributed by atoms with Gasteiger partial charge in [-0.3, -0.25) is 9.69 Å². The number of hydrogen-bond donors (Lipinski definition) is 0. The number of benzene rings is 2. The first kappa shape index (κ1) is 20.8. The Hall–Kier alpha value is -3.10. The summed E-state index contributed by atoms with van der Waals surface area (Å²) >= 11 is 6.19. The minimum absolute atomic E-state index is 0.102. The summed E-state index contributed by atoms with van der Waals surface area (Å²) in [7, 11) is 0. The maximum atomic E-state index is 12.7. The van der Waals surface area contributed by atoms with E-state index in [2.05, 4.69) is 21.1 Å². The fourth-order valence-corrected chi connectivity index (χ4v) is 4.15. The smallest absolute Gasteiger partial charge is 0.231 e. The van der Waals surface area contributed by atoms with E-state index in [1.807, 2.05) is 35.2 Å². The Bertz CT molecular complexity index is 1110. The van der Waals surface area contributed by atoms with Gasteiger partial charge in [-0.1, -0.05) is 35.0 Å². The molecule has 2 aromatic carbocycles. The zero-order chi connectivity index (χ0) is 21.9. The summed E-state index contributed by atoms with van der Waals surface area (Å²) in [6.07, 6.45) is 0.750. The minimum atomic E-state index is 0.102. The van der Waals surface area contributed by atoms with E-state index in [1.54, 1.807) is 6.07 Å². The van der Waals surface area contributed by atoms with Crippen molar-refractivity contribution in [1.82, 2.24) is 19.9 Å². The first-order chi connectivity index (χ1) is 15.7. The van der Waals surface area contributed by atoms with E-state index in [0.29, 0.717) is 48.2 Å². The van der Waals surface area contributed by atoms with Crippen LogP contribution in [0, 0.1) is 0 Å². The second-order valence-electron chi connectivity index (χ2n) is 7.84. The van der Waals surface area contributed by atoms with Crippen LogP contribution in [-0.4, -0.2) is 58.8 Å². The van der Waals surface area contributed by atoms with E-state index in [4.69, 9.17) is 25.6 Å². The lowest BCUT2D eigenvalue weighted by Crippen LogP contribution is -2.48. The van der Waals surface area contributed by atoms with Gasteiger partial charge in [-0.15, -0.1) is 0 Å². The average molecular weight is 455 g/mol. The molecule has 0 unspecified atom stereocenters. The molecular weight excluding hydrogens is 432 g/mol. The van der Waals surface area contributed by atoms with Crippen molar-refractivity contribution in [2.45, 2.75) is 19.4 Å². The van der Waals surface area contributed by atoms with Crippen molar-refractivity contribution >= 4 is 17.5 Å². The van der Waals surface area contributed by atoms with Gasteiger partial charge in [0.05, 0.1) is 5.02 Å². The van der Waals surface area contributed by atoms with Crippen LogP contribution in [0.5, 0.6) is 11.5 Å². The molecular formula is C23H23ClN4O4. The second kappa shape index (κ2) is 9.18. The fraction of sp³-hybridized carbons (Fsp3) is 0.348. The predicted molar refractivity (Wildman–Crippen MR) is 117 cm³/mol. The summed E-state index contributed by atoms with van der Waals surface area (Å²) in [5.41, 5.74) is 1.90. The molecule has 3 aromatic rings. The van der Waals surface area contributed by atoms with Crippen LogP contribution in [0.1, 0.15) is 17.9 Å².